The van der Waals surface area contributed by atoms with Crippen molar-refractivity contribution in [1.82, 2.24) is 16.0 Å². The molecule has 1 aliphatic carbocycles. The summed E-state index contributed by atoms with van der Waals surface area (Å²) in [6, 6.07) is 6.12. The molecule has 8 atom stereocenters. The van der Waals surface area contributed by atoms with Crippen LogP contribution in [-0.2, 0) is 112 Å². The number of hydrogen-bond donors (Lipinski definition) is 7. The summed E-state index contributed by atoms with van der Waals surface area (Å²) in [7, 11) is -17.3. The van der Waals surface area contributed by atoms with Crippen molar-refractivity contribution in [1.29, 1.82) is 0 Å². The van der Waals surface area contributed by atoms with Crippen LogP contribution in [0.4, 0.5) is 0 Å². The fourth-order valence-electron chi connectivity index (χ4n) is 10.0. The van der Waals surface area contributed by atoms with E-state index in [-0.39, 0.29) is 153 Å². The molecule has 1 aromatic carbocycles. The van der Waals surface area contributed by atoms with E-state index in [0.717, 1.165) is 49.8 Å². The third-order valence-corrected chi connectivity index (χ3v) is 25.8. The van der Waals surface area contributed by atoms with Gasteiger partial charge in [0.1, 0.15) is 48.8 Å². The van der Waals surface area contributed by atoms with E-state index in [1.54, 1.807) is 68.7 Å². The third-order valence-electron chi connectivity index (χ3n) is 21.7. The van der Waals surface area contributed by atoms with E-state index >= 15 is 0 Å². The first-order valence-corrected chi connectivity index (χ1v) is 52.1. The van der Waals surface area contributed by atoms with E-state index in [1.165, 1.54) is 92.9 Å². The second-order valence-electron chi connectivity index (χ2n) is 36.9. The molecule has 0 aliphatic heterocycles. The Bertz CT molecular complexity index is 3790. The summed E-state index contributed by atoms with van der Waals surface area (Å²) in [6.45, 7) is 81.5. The van der Waals surface area contributed by atoms with Crippen molar-refractivity contribution in [2.75, 3.05) is 89.6 Å². The molecule has 3 amide bonds. The Kier molecular flexibility index (Phi) is 85.2. The van der Waals surface area contributed by atoms with Crippen LogP contribution < -0.4 is 84.9 Å². The van der Waals surface area contributed by atoms with Crippen LogP contribution in [0.15, 0.2) is 79.8 Å². The van der Waals surface area contributed by atoms with Crippen molar-refractivity contribution in [3.05, 3.63) is 80.4 Å². The van der Waals surface area contributed by atoms with E-state index in [4.69, 9.17) is 23.7 Å². The maximum Gasteiger partial charge on any atom is 1.00 e. The van der Waals surface area contributed by atoms with Gasteiger partial charge in [0.05, 0.1) is 126 Å². The van der Waals surface area contributed by atoms with Crippen LogP contribution in [0.3, 0.4) is 0 Å². The summed E-state index contributed by atoms with van der Waals surface area (Å²) >= 11 is 0. The standard InChI is InChI=1S/C16H26O5.C12H20O5.C10H14O3S.3C9H19NO4S.2C9H16O2.2C6H15N.2Na/c1-5-14(18)21-13-9-11(7-8-12(13)17)10-20-15(19)16(3,4)6-2;1-5-10(14)16-7-9(13)8-17-11(15)12(3,4)6-2;1-3-8(2)9-4-6-10(7-5-9)14(11,12)13;3*1-5-7(2)8(11)10-9(3,4)6-15(12,13)14;2*1-5-7-11-8(10)9(3,4)6-2;2*1-4-7(5-2)6-3;;/h5,11-13,17H,1,6-10H2,2-4H3;5,9,13H,1,6-8H2,2-4H3;4-8H,3H2,1-2H3,(H,11,12,13);3*7H,5-6H2,1-4H3,(H,10,11)(H,12,13,14);2*5H,1,6-7H2,2-4H3;2*4-6H2,1-3H3;;/q;;;;;;;;;;2*+1/p-2. The quantitative estimate of drug-likeness (QED) is 0.0113. The average Bonchev–Trinajstić information content (AvgIpc) is 0.890. The summed E-state index contributed by atoms with van der Waals surface area (Å²) in [5, 5.41) is 26.9. The molecule has 1 saturated carbocycles. The summed E-state index contributed by atoms with van der Waals surface area (Å²) in [6.07, 6.45) is 10.8. The molecule has 40 heteroatoms. The maximum atomic E-state index is 11.9. The number of carbonyl (C=O) groups excluding carboxylic acids is 9. The summed E-state index contributed by atoms with van der Waals surface area (Å²) in [5.41, 5.74) is -3.75. The zero-order chi connectivity index (χ0) is 106. The van der Waals surface area contributed by atoms with Gasteiger partial charge in [0.25, 0.3) is 0 Å². The van der Waals surface area contributed by atoms with Gasteiger partial charge in [0.2, 0.25) is 17.7 Å². The molecule has 782 valence electrons. The van der Waals surface area contributed by atoms with Gasteiger partial charge in [-0.1, -0.05) is 134 Å². The van der Waals surface area contributed by atoms with Gasteiger partial charge >= 0.3 is 94.9 Å². The molecule has 0 spiro atoms. The molecule has 0 radical (unpaired) electrons. The number of amides is 3. The first kappa shape index (κ1) is 150. The zero-order valence-corrected chi connectivity index (χ0v) is 96.1. The van der Waals surface area contributed by atoms with Gasteiger partial charge in [0, 0.05) is 46.5 Å². The molecule has 1 aromatic rings. The largest absolute Gasteiger partial charge is 1.00 e. The van der Waals surface area contributed by atoms with E-state index in [0.29, 0.717) is 64.3 Å². The Labute approximate surface area is 858 Å². The van der Waals surface area contributed by atoms with Gasteiger partial charge in [-0.25, -0.2) is 43.3 Å². The van der Waals surface area contributed by atoms with E-state index in [2.05, 4.69) is 102 Å². The minimum absolute atomic E-state index is 0. The molecule has 8 unspecified atom stereocenters. The number of rotatable bonds is 45. The first-order chi connectivity index (χ1) is 60.6. The molecule has 135 heavy (non-hydrogen) atoms. The smallest absolute Gasteiger partial charge is 0.748 e. The van der Waals surface area contributed by atoms with Gasteiger partial charge in [-0.05, 0) is 239 Å². The molecular formula is C95H177N5Na2O29S4. The fraction of sp³-hybridized carbons (Fsp3) is 0.758. The summed E-state index contributed by atoms with van der Waals surface area (Å²) < 4.78 is 157. The molecule has 0 bridgehead atoms. The zero-order valence-electron chi connectivity index (χ0n) is 88.8. The number of nitrogens with one attached hydrogen (secondary N) is 5. The number of benzene rings is 1. The normalized spacial score (nSPS) is 14.8. The summed E-state index contributed by atoms with van der Waals surface area (Å²) in [4.78, 5) is 105. The number of esters is 6. The molecule has 1 aliphatic rings. The molecule has 0 heterocycles. The van der Waals surface area contributed by atoms with Crippen LogP contribution in [0, 0.1) is 45.3 Å². The monoisotopic (exact) mass is 2030 g/mol. The number of hydrogen-bond acceptors (Lipinski definition) is 29. The number of ether oxygens (including phenoxy) is 6. The van der Waals surface area contributed by atoms with Gasteiger partial charge in [-0.15, -0.1) is 0 Å². The van der Waals surface area contributed by atoms with Crippen LogP contribution in [0.2, 0.25) is 0 Å². The number of aliphatic hydroxyl groups is 2. The van der Waals surface area contributed by atoms with Crippen molar-refractivity contribution in [2.24, 2.45) is 45.3 Å². The van der Waals surface area contributed by atoms with E-state index < -0.39 is 115 Å². The summed E-state index contributed by atoms with van der Waals surface area (Å²) in [5.74, 6) is -4.59. The van der Waals surface area contributed by atoms with E-state index in [1.807, 2.05) is 90.0 Å². The second kappa shape index (κ2) is 76.6. The molecule has 34 nitrogen and oxygen atoms in total. The van der Waals surface area contributed by atoms with Crippen molar-refractivity contribution < 1.29 is 203 Å². The van der Waals surface area contributed by atoms with Crippen molar-refractivity contribution >= 4 is 94.0 Å². The molecule has 7 N–H and O–H groups in total. The van der Waals surface area contributed by atoms with Crippen molar-refractivity contribution in [2.45, 2.75) is 338 Å². The van der Waals surface area contributed by atoms with Crippen LogP contribution in [0.25, 0.3) is 0 Å². The number of quaternary nitrogens is 2. The van der Waals surface area contributed by atoms with Crippen LogP contribution in [0.5, 0.6) is 0 Å². The SMILES string of the molecule is C=CC(=O)OC1CC(COC(=O)C(C)(C)CC)CCC1O.C=CC(=O)OCC(O)COC(=O)C(C)(C)CC.C=CCOC(=O)C(C)(C)CC.C=CCOC(=O)C(C)(C)CC.CCC(C)C(=O)NC(C)(C)CS(=O)(=O)[O-].CCC(C)C(=O)NC(C)(C)CS(=O)(=O)[O-].CCC(C)C(=O)NC(C)(C)CS(=O)(=O)[O-].CCC(C)c1ccc(S(=O)(=O)[O-])cc1.CC[NH+](CC)CC.CC[NH+](CC)CC.[Na+].[Na+]. The maximum absolute atomic E-state index is 11.9. The van der Waals surface area contributed by atoms with Gasteiger partial charge < -0.3 is 82.6 Å². The molecule has 0 saturated heterocycles. The number of carbonyl (C=O) groups is 9. The van der Waals surface area contributed by atoms with Crippen molar-refractivity contribution in [3.8, 4) is 0 Å². The Hall–Kier alpha value is -5.11. The predicted molar refractivity (Wildman–Crippen MR) is 518 cm³/mol. The second-order valence-corrected chi connectivity index (χ2v) is 42.5. The Morgan fingerprint density at radius 3 is 0.956 bits per heavy atom. The fourth-order valence-corrected chi connectivity index (χ4v) is 13.3. The molecule has 2 rings (SSSR count). The average molecular weight is 2030 g/mol. The first-order valence-electron chi connectivity index (χ1n) is 46.0. The Morgan fingerprint density at radius 2 is 0.719 bits per heavy atom. The molecule has 0 aromatic heterocycles. The Morgan fingerprint density at radius 1 is 0.437 bits per heavy atom. The van der Waals surface area contributed by atoms with Gasteiger partial charge in [-0.3, -0.25) is 33.6 Å². The minimum Gasteiger partial charge on any atom is -0.748 e. The third kappa shape index (κ3) is 81.2. The Balaban J connectivity index is -0.000000163. The topological polar surface area (TPSA) is 523 Å². The molecule has 1 fully saturated rings. The van der Waals surface area contributed by atoms with Crippen LogP contribution in [0.1, 0.15) is 304 Å². The van der Waals surface area contributed by atoms with Crippen LogP contribution in [-0.4, -0.2) is 240 Å². The van der Waals surface area contributed by atoms with Crippen molar-refractivity contribution in [3.63, 3.8) is 0 Å². The van der Waals surface area contributed by atoms with E-state index in [9.17, 15) is 105 Å². The minimum atomic E-state index is -4.32. The van der Waals surface area contributed by atoms with Gasteiger partial charge in [-0.2, -0.15) is 0 Å². The predicted octanol–water partition coefficient (Wildman–Crippen LogP) is 4.98. The van der Waals surface area contributed by atoms with Crippen LogP contribution >= 0.6 is 0 Å². The number of aliphatic hydroxyl groups excluding tert-OH is 2. The molecular weight excluding hydrogens is 1850 g/mol. The van der Waals surface area contributed by atoms with Gasteiger partial charge in [0.15, 0.2) is 0 Å².